The van der Waals surface area contributed by atoms with Gasteiger partial charge in [0.15, 0.2) is 4.32 Å². The number of hydrogen-bond acceptors (Lipinski definition) is 3. The highest BCUT2D eigenvalue weighted by Gasteiger charge is 2.33. The molecular formula is C24H15NOS2. The first-order valence-corrected chi connectivity index (χ1v) is 10.2. The van der Waals surface area contributed by atoms with Crippen molar-refractivity contribution in [3.63, 3.8) is 0 Å². The molecule has 0 aromatic heterocycles. The summed E-state index contributed by atoms with van der Waals surface area (Å²) in [6, 6.07) is 28.3. The first kappa shape index (κ1) is 17.2. The number of carbonyl (C=O) groups is 1. The lowest BCUT2D eigenvalue weighted by Crippen LogP contribution is -2.27. The Labute approximate surface area is 172 Å². The summed E-state index contributed by atoms with van der Waals surface area (Å²) in [5, 5.41) is 4.58. The Kier molecular flexibility index (Phi) is 4.23. The molecule has 0 saturated carbocycles. The van der Waals surface area contributed by atoms with Crippen molar-refractivity contribution in [2.75, 3.05) is 4.90 Å². The van der Waals surface area contributed by atoms with Gasteiger partial charge in [0.05, 0.1) is 10.6 Å². The largest absolute Gasteiger partial charge is 0.270 e. The van der Waals surface area contributed by atoms with Crippen LogP contribution in [-0.4, -0.2) is 10.2 Å². The molecule has 4 aromatic rings. The second-order valence-electron chi connectivity index (χ2n) is 6.59. The van der Waals surface area contributed by atoms with Crippen molar-refractivity contribution in [3.05, 3.63) is 95.4 Å². The maximum absolute atomic E-state index is 13.1. The van der Waals surface area contributed by atoms with Crippen LogP contribution in [0.25, 0.3) is 27.6 Å². The van der Waals surface area contributed by atoms with E-state index in [1.807, 2.05) is 60.7 Å². The normalized spacial score (nSPS) is 15.9. The van der Waals surface area contributed by atoms with Gasteiger partial charge in [0.25, 0.3) is 5.91 Å². The van der Waals surface area contributed by atoms with E-state index < -0.39 is 0 Å². The lowest BCUT2D eigenvalue weighted by atomic mass is 9.96. The third-order valence-corrected chi connectivity index (χ3v) is 6.20. The van der Waals surface area contributed by atoms with Crippen LogP contribution in [0.1, 0.15) is 5.56 Å². The van der Waals surface area contributed by atoms with Crippen LogP contribution in [0.3, 0.4) is 0 Å². The van der Waals surface area contributed by atoms with E-state index in [2.05, 4.69) is 30.3 Å². The molecule has 5 rings (SSSR count). The highest BCUT2D eigenvalue weighted by Crippen LogP contribution is 2.38. The average Bonchev–Trinajstić information content (AvgIpc) is 3.01. The quantitative estimate of drug-likeness (QED) is 0.222. The molecule has 1 amide bonds. The second-order valence-corrected chi connectivity index (χ2v) is 8.26. The molecule has 1 aliphatic rings. The molecule has 0 unspecified atom stereocenters. The lowest BCUT2D eigenvalue weighted by molar-refractivity contribution is -0.113. The molecule has 0 aliphatic carbocycles. The first-order chi connectivity index (χ1) is 13.7. The van der Waals surface area contributed by atoms with Crippen LogP contribution in [0.15, 0.2) is 89.8 Å². The van der Waals surface area contributed by atoms with Crippen LogP contribution in [0, 0.1) is 0 Å². The van der Waals surface area contributed by atoms with Crippen LogP contribution in [0.2, 0.25) is 0 Å². The Hall–Kier alpha value is -2.95. The van der Waals surface area contributed by atoms with Gasteiger partial charge in [0.1, 0.15) is 0 Å². The number of fused-ring (bicyclic) bond motifs is 2. The van der Waals surface area contributed by atoms with Gasteiger partial charge < -0.3 is 0 Å². The zero-order valence-corrected chi connectivity index (χ0v) is 16.5. The Morgan fingerprint density at radius 1 is 0.786 bits per heavy atom. The summed E-state index contributed by atoms with van der Waals surface area (Å²) in [7, 11) is 0. The molecule has 0 N–H and O–H groups in total. The molecule has 1 heterocycles. The number of para-hydroxylation sites is 1. The van der Waals surface area contributed by atoms with Crippen molar-refractivity contribution >= 4 is 67.5 Å². The van der Waals surface area contributed by atoms with Gasteiger partial charge in [-0.25, -0.2) is 0 Å². The summed E-state index contributed by atoms with van der Waals surface area (Å²) < 4.78 is 0.562. The fourth-order valence-electron chi connectivity index (χ4n) is 3.60. The SMILES string of the molecule is O=C1/C(=C\c2c3ccccc3cc3ccccc23)SC(=S)N1c1ccccc1. The van der Waals surface area contributed by atoms with E-state index in [4.69, 9.17) is 12.2 Å². The molecule has 1 aliphatic heterocycles. The number of thiocarbonyl (C=S) groups is 1. The molecule has 134 valence electrons. The maximum atomic E-state index is 13.1. The van der Waals surface area contributed by atoms with Crippen molar-refractivity contribution in [1.29, 1.82) is 0 Å². The van der Waals surface area contributed by atoms with E-state index in [1.165, 1.54) is 11.8 Å². The smallest absolute Gasteiger partial charge is 0.268 e. The van der Waals surface area contributed by atoms with E-state index in [9.17, 15) is 4.79 Å². The van der Waals surface area contributed by atoms with Gasteiger partial charge in [-0.3, -0.25) is 9.69 Å². The predicted octanol–water partition coefficient (Wildman–Crippen LogP) is 6.40. The lowest BCUT2D eigenvalue weighted by Gasteiger charge is -2.14. The Morgan fingerprint density at radius 2 is 1.36 bits per heavy atom. The summed E-state index contributed by atoms with van der Waals surface area (Å²) in [6.45, 7) is 0. The molecule has 28 heavy (non-hydrogen) atoms. The summed E-state index contributed by atoms with van der Waals surface area (Å²) in [4.78, 5) is 15.4. The number of hydrogen-bond donors (Lipinski definition) is 0. The molecule has 2 nitrogen and oxygen atoms in total. The van der Waals surface area contributed by atoms with Crippen LogP contribution in [0.4, 0.5) is 5.69 Å². The van der Waals surface area contributed by atoms with Gasteiger partial charge in [0.2, 0.25) is 0 Å². The van der Waals surface area contributed by atoms with Gasteiger partial charge in [-0.1, -0.05) is 90.7 Å². The number of anilines is 1. The molecule has 1 fully saturated rings. The standard InChI is InChI=1S/C24H15NOS2/c26-23-22(28-24(27)25(23)18-10-2-1-3-11-18)15-21-19-12-6-4-8-16(19)14-17-9-5-7-13-20(17)21/h1-15H/b22-15+. The monoisotopic (exact) mass is 397 g/mol. The van der Waals surface area contributed by atoms with Gasteiger partial charge in [-0.2, -0.15) is 0 Å². The third-order valence-electron chi connectivity index (χ3n) is 4.90. The molecular weight excluding hydrogens is 382 g/mol. The van der Waals surface area contributed by atoms with Gasteiger partial charge >= 0.3 is 0 Å². The summed E-state index contributed by atoms with van der Waals surface area (Å²) in [6.07, 6.45) is 1.99. The van der Waals surface area contributed by atoms with Gasteiger partial charge in [0, 0.05) is 0 Å². The third kappa shape index (κ3) is 2.82. The molecule has 0 atom stereocenters. The Bertz CT molecular complexity index is 1220. The van der Waals surface area contributed by atoms with E-state index in [0.717, 1.165) is 32.8 Å². The summed E-state index contributed by atoms with van der Waals surface area (Å²) in [5.74, 6) is -0.0711. The minimum atomic E-state index is -0.0711. The number of carbonyl (C=O) groups excluding carboxylic acids is 1. The van der Waals surface area contributed by atoms with Crippen molar-refractivity contribution in [2.45, 2.75) is 0 Å². The maximum Gasteiger partial charge on any atom is 0.270 e. The zero-order chi connectivity index (χ0) is 19.1. The van der Waals surface area contributed by atoms with Gasteiger partial charge in [-0.05, 0) is 51.4 Å². The number of thioether (sulfide) groups is 1. The van der Waals surface area contributed by atoms with Crippen LogP contribution in [-0.2, 0) is 4.79 Å². The average molecular weight is 398 g/mol. The van der Waals surface area contributed by atoms with E-state index >= 15 is 0 Å². The zero-order valence-electron chi connectivity index (χ0n) is 14.8. The second kappa shape index (κ2) is 6.89. The molecule has 1 saturated heterocycles. The molecule has 0 radical (unpaired) electrons. The van der Waals surface area contributed by atoms with E-state index in [-0.39, 0.29) is 5.91 Å². The van der Waals surface area contributed by atoms with E-state index in [0.29, 0.717) is 9.23 Å². The van der Waals surface area contributed by atoms with E-state index in [1.54, 1.807) is 4.90 Å². The minimum absolute atomic E-state index is 0.0711. The molecule has 4 heteroatoms. The van der Waals surface area contributed by atoms with Crippen molar-refractivity contribution < 1.29 is 4.79 Å². The highest BCUT2D eigenvalue weighted by molar-refractivity contribution is 8.27. The summed E-state index contributed by atoms with van der Waals surface area (Å²) >= 11 is 6.87. The molecule has 4 aromatic carbocycles. The fraction of sp³-hybridized carbons (Fsp3) is 0. The number of nitrogens with zero attached hydrogens (tertiary/aromatic N) is 1. The number of amides is 1. The fourth-order valence-corrected chi connectivity index (χ4v) is 4.88. The van der Waals surface area contributed by atoms with Crippen molar-refractivity contribution in [3.8, 4) is 0 Å². The molecule has 0 bridgehead atoms. The highest BCUT2D eigenvalue weighted by atomic mass is 32.2. The van der Waals surface area contributed by atoms with Crippen molar-refractivity contribution in [1.82, 2.24) is 0 Å². The first-order valence-electron chi connectivity index (χ1n) is 8.96. The number of benzene rings is 4. The predicted molar refractivity (Wildman–Crippen MR) is 124 cm³/mol. The molecule has 0 spiro atoms. The van der Waals surface area contributed by atoms with Crippen LogP contribution >= 0.6 is 24.0 Å². The number of rotatable bonds is 2. The Morgan fingerprint density at radius 3 is 2.00 bits per heavy atom. The Balaban J connectivity index is 1.70. The van der Waals surface area contributed by atoms with Crippen molar-refractivity contribution in [2.24, 2.45) is 0 Å². The van der Waals surface area contributed by atoms with Crippen LogP contribution < -0.4 is 4.90 Å². The minimum Gasteiger partial charge on any atom is -0.268 e. The van der Waals surface area contributed by atoms with Gasteiger partial charge in [-0.15, -0.1) is 0 Å². The van der Waals surface area contributed by atoms with Crippen LogP contribution in [0.5, 0.6) is 0 Å². The summed E-state index contributed by atoms with van der Waals surface area (Å²) in [5.41, 5.74) is 1.86. The topological polar surface area (TPSA) is 20.3 Å².